The van der Waals surface area contributed by atoms with Gasteiger partial charge in [-0.2, -0.15) is 0 Å². The number of carbonyl (C=O) groups is 2. The summed E-state index contributed by atoms with van der Waals surface area (Å²) in [5.41, 5.74) is 2.05. The first-order chi connectivity index (χ1) is 13.6. The van der Waals surface area contributed by atoms with Crippen molar-refractivity contribution in [3.8, 4) is 0 Å². The van der Waals surface area contributed by atoms with E-state index in [-0.39, 0.29) is 17.6 Å². The van der Waals surface area contributed by atoms with Crippen LogP contribution in [0.15, 0.2) is 41.0 Å². The summed E-state index contributed by atoms with van der Waals surface area (Å²) in [6.07, 6.45) is 1.46. The van der Waals surface area contributed by atoms with Crippen LogP contribution in [0.3, 0.4) is 0 Å². The van der Waals surface area contributed by atoms with Crippen LogP contribution in [0.2, 0.25) is 0 Å². The summed E-state index contributed by atoms with van der Waals surface area (Å²) in [6.45, 7) is 7.07. The average Bonchev–Trinajstić information content (AvgIpc) is 3.18. The van der Waals surface area contributed by atoms with Gasteiger partial charge in [0.15, 0.2) is 5.76 Å². The fraction of sp³-hybridized carbons (Fsp3) is 0.455. The van der Waals surface area contributed by atoms with E-state index in [1.165, 1.54) is 6.26 Å². The zero-order valence-corrected chi connectivity index (χ0v) is 18.1. The summed E-state index contributed by atoms with van der Waals surface area (Å²) < 4.78 is 10.3. The van der Waals surface area contributed by atoms with Crippen LogP contribution in [-0.4, -0.2) is 51.1 Å². The standard InChI is InChI=1S/C22H31N3O4/c1-22(2,3)21(27)25(11-13-28-6)15-16-14-17(9-10-18(16)24(4)5)23-20(26)19-8-7-12-29-19/h7-10,12,14H,11,13,15H2,1-6H3,(H,23,26). The zero-order chi connectivity index (χ0) is 21.6. The number of benzene rings is 1. The van der Waals surface area contributed by atoms with E-state index < -0.39 is 5.41 Å². The minimum absolute atomic E-state index is 0.0456. The van der Waals surface area contributed by atoms with E-state index in [9.17, 15) is 9.59 Å². The summed E-state index contributed by atoms with van der Waals surface area (Å²) in [5.74, 6) is -0.0299. The lowest BCUT2D eigenvalue weighted by Gasteiger charge is -2.31. The lowest BCUT2D eigenvalue weighted by Crippen LogP contribution is -2.41. The molecule has 1 aromatic heterocycles. The third kappa shape index (κ3) is 6.09. The first-order valence-electron chi connectivity index (χ1n) is 9.57. The molecule has 0 aliphatic heterocycles. The van der Waals surface area contributed by atoms with Crippen LogP contribution in [0.1, 0.15) is 36.9 Å². The number of methoxy groups -OCH3 is 1. The third-order valence-electron chi connectivity index (χ3n) is 4.42. The van der Waals surface area contributed by atoms with Crippen LogP contribution < -0.4 is 10.2 Å². The molecule has 2 rings (SSSR count). The highest BCUT2D eigenvalue weighted by Crippen LogP contribution is 2.27. The van der Waals surface area contributed by atoms with Gasteiger partial charge in [-0.3, -0.25) is 9.59 Å². The van der Waals surface area contributed by atoms with Gasteiger partial charge < -0.3 is 24.3 Å². The number of carbonyl (C=O) groups excluding carboxylic acids is 2. The van der Waals surface area contributed by atoms with E-state index in [2.05, 4.69) is 5.32 Å². The van der Waals surface area contributed by atoms with Gasteiger partial charge in [0.2, 0.25) is 5.91 Å². The molecule has 2 aromatic rings. The van der Waals surface area contributed by atoms with Gasteiger partial charge in [0.05, 0.1) is 12.9 Å². The van der Waals surface area contributed by atoms with Crippen molar-refractivity contribution in [2.45, 2.75) is 27.3 Å². The minimum Gasteiger partial charge on any atom is -0.459 e. The molecule has 0 atom stereocenters. The molecule has 0 aliphatic rings. The fourth-order valence-electron chi connectivity index (χ4n) is 2.96. The molecule has 1 N–H and O–H groups in total. The molecule has 1 heterocycles. The summed E-state index contributed by atoms with van der Waals surface area (Å²) in [7, 11) is 5.52. The van der Waals surface area contributed by atoms with Crippen molar-refractivity contribution in [2.24, 2.45) is 5.41 Å². The molecule has 0 radical (unpaired) electrons. The second-order valence-corrected chi connectivity index (χ2v) is 8.14. The number of amides is 2. The van der Waals surface area contributed by atoms with E-state index in [4.69, 9.17) is 9.15 Å². The van der Waals surface area contributed by atoms with Crippen molar-refractivity contribution in [1.82, 2.24) is 4.90 Å². The van der Waals surface area contributed by atoms with Crippen LogP contribution in [0.25, 0.3) is 0 Å². The Balaban J connectivity index is 2.31. The Morgan fingerprint density at radius 1 is 1.17 bits per heavy atom. The summed E-state index contributed by atoms with van der Waals surface area (Å²) in [4.78, 5) is 29.0. The lowest BCUT2D eigenvalue weighted by atomic mass is 9.94. The highest BCUT2D eigenvalue weighted by molar-refractivity contribution is 6.02. The third-order valence-corrected chi connectivity index (χ3v) is 4.42. The van der Waals surface area contributed by atoms with Crippen LogP contribution in [-0.2, 0) is 16.1 Å². The number of ether oxygens (including phenoxy) is 1. The number of nitrogens with one attached hydrogen (secondary N) is 1. The number of nitrogens with zero attached hydrogens (tertiary/aromatic N) is 2. The van der Waals surface area contributed by atoms with Crippen LogP contribution in [0, 0.1) is 5.41 Å². The Labute approximate surface area is 172 Å². The zero-order valence-electron chi connectivity index (χ0n) is 18.1. The smallest absolute Gasteiger partial charge is 0.291 e. The topological polar surface area (TPSA) is 75.0 Å². The summed E-state index contributed by atoms with van der Waals surface area (Å²) in [6, 6.07) is 8.94. The van der Waals surface area contributed by atoms with Crippen LogP contribution in [0.5, 0.6) is 0 Å². The Morgan fingerprint density at radius 2 is 1.90 bits per heavy atom. The monoisotopic (exact) mass is 401 g/mol. The molecule has 7 nitrogen and oxygen atoms in total. The molecule has 0 spiro atoms. The van der Waals surface area contributed by atoms with Crippen molar-refractivity contribution >= 4 is 23.2 Å². The Kier molecular flexibility index (Phi) is 7.45. The van der Waals surface area contributed by atoms with Gasteiger partial charge >= 0.3 is 0 Å². The number of hydrogen-bond donors (Lipinski definition) is 1. The molecule has 0 fully saturated rings. The maximum Gasteiger partial charge on any atom is 0.291 e. The quantitative estimate of drug-likeness (QED) is 0.731. The van der Waals surface area contributed by atoms with Crippen molar-refractivity contribution in [1.29, 1.82) is 0 Å². The van der Waals surface area contributed by atoms with Crippen molar-refractivity contribution in [3.63, 3.8) is 0 Å². The van der Waals surface area contributed by atoms with Gasteiger partial charge in [-0.1, -0.05) is 20.8 Å². The van der Waals surface area contributed by atoms with Gasteiger partial charge in [-0.05, 0) is 35.9 Å². The largest absolute Gasteiger partial charge is 0.459 e. The maximum atomic E-state index is 12.9. The Hall–Kier alpha value is -2.80. The molecular weight excluding hydrogens is 370 g/mol. The van der Waals surface area contributed by atoms with E-state index in [1.807, 2.05) is 58.0 Å². The Morgan fingerprint density at radius 3 is 2.45 bits per heavy atom. The first-order valence-corrected chi connectivity index (χ1v) is 9.57. The number of rotatable bonds is 8. The molecule has 0 saturated carbocycles. The van der Waals surface area contributed by atoms with Crippen molar-refractivity contribution in [2.75, 3.05) is 44.6 Å². The second kappa shape index (κ2) is 9.60. The van der Waals surface area contributed by atoms with Crippen molar-refractivity contribution < 1.29 is 18.7 Å². The van der Waals surface area contributed by atoms with E-state index in [0.717, 1.165) is 11.3 Å². The maximum absolute atomic E-state index is 12.9. The molecule has 0 bridgehead atoms. The summed E-state index contributed by atoms with van der Waals surface area (Å²) >= 11 is 0. The normalized spacial score (nSPS) is 11.2. The van der Waals surface area contributed by atoms with Crippen LogP contribution >= 0.6 is 0 Å². The van der Waals surface area contributed by atoms with Gasteiger partial charge in [0, 0.05) is 51.1 Å². The predicted molar refractivity (Wildman–Crippen MR) is 114 cm³/mol. The molecule has 158 valence electrons. The highest BCUT2D eigenvalue weighted by atomic mass is 16.5. The van der Waals surface area contributed by atoms with Gasteiger partial charge in [0.25, 0.3) is 5.91 Å². The van der Waals surface area contributed by atoms with E-state index >= 15 is 0 Å². The molecule has 0 aliphatic carbocycles. The summed E-state index contributed by atoms with van der Waals surface area (Å²) in [5, 5.41) is 2.85. The van der Waals surface area contributed by atoms with Gasteiger partial charge in [-0.25, -0.2) is 0 Å². The predicted octanol–water partition coefficient (Wildman–Crippen LogP) is 3.62. The first kappa shape index (κ1) is 22.5. The molecule has 2 amide bonds. The number of hydrogen-bond acceptors (Lipinski definition) is 5. The fourth-order valence-corrected chi connectivity index (χ4v) is 2.96. The Bertz CT molecular complexity index is 823. The number of anilines is 2. The molecule has 1 aromatic carbocycles. The van der Waals surface area contributed by atoms with Crippen LogP contribution in [0.4, 0.5) is 11.4 Å². The van der Waals surface area contributed by atoms with Crippen molar-refractivity contribution in [3.05, 3.63) is 47.9 Å². The van der Waals surface area contributed by atoms with Gasteiger partial charge in [-0.15, -0.1) is 0 Å². The molecule has 0 saturated heterocycles. The number of furan rings is 1. The molecule has 29 heavy (non-hydrogen) atoms. The van der Waals surface area contributed by atoms with Gasteiger partial charge in [0.1, 0.15) is 0 Å². The van der Waals surface area contributed by atoms with E-state index in [0.29, 0.717) is 25.4 Å². The lowest BCUT2D eigenvalue weighted by molar-refractivity contribution is -0.140. The minimum atomic E-state index is -0.503. The second-order valence-electron chi connectivity index (χ2n) is 8.14. The highest BCUT2D eigenvalue weighted by Gasteiger charge is 2.28. The molecule has 7 heteroatoms. The molecular formula is C22H31N3O4. The van der Waals surface area contributed by atoms with E-state index in [1.54, 1.807) is 24.1 Å². The SMILES string of the molecule is COCCN(Cc1cc(NC(=O)c2ccco2)ccc1N(C)C)C(=O)C(C)(C)C. The average molecular weight is 402 g/mol. The molecule has 0 unspecified atom stereocenters.